The van der Waals surface area contributed by atoms with Crippen LogP contribution in [0.4, 0.5) is 5.82 Å². The van der Waals surface area contributed by atoms with Crippen LogP contribution in [-0.4, -0.2) is 41.9 Å². The number of piperidine rings is 1. The molecule has 168 valence electrons. The van der Waals surface area contributed by atoms with E-state index in [2.05, 4.69) is 15.5 Å². The van der Waals surface area contributed by atoms with Gasteiger partial charge in [0.1, 0.15) is 11.5 Å². The second kappa shape index (κ2) is 9.35. The summed E-state index contributed by atoms with van der Waals surface area (Å²) in [6, 6.07) is 7.50. The molecule has 0 aromatic carbocycles. The highest BCUT2D eigenvalue weighted by Gasteiger charge is 2.37. The SMILES string of the molecule is Cc1cccnc1NC(=O)C1CCCN(S(=O)(=O)c2c(C)noc2/C=C/c2cccs2)C1. The van der Waals surface area contributed by atoms with Crippen LogP contribution in [0.5, 0.6) is 0 Å². The topological polar surface area (TPSA) is 105 Å². The first-order valence-corrected chi connectivity index (χ1v) is 12.6. The second-order valence-electron chi connectivity index (χ2n) is 7.67. The number of sulfonamides is 1. The zero-order valence-electron chi connectivity index (χ0n) is 17.8. The van der Waals surface area contributed by atoms with E-state index < -0.39 is 15.9 Å². The molecule has 1 saturated heterocycles. The van der Waals surface area contributed by atoms with E-state index in [0.717, 1.165) is 10.4 Å². The molecule has 4 rings (SSSR count). The van der Waals surface area contributed by atoms with Gasteiger partial charge in [-0.1, -0.05) is 17.3 Å². The lowest BCUT2D eigenvalue weighted by Gasteiger charge is -2.31. The van der Waals surface area contributed by atoms with Gasteiger partial charge in [-0.3, -0.25) is 4.79 Å². The summed E-state index contributed by atoms with van der Waals surface area (Å²) in [5.74, 6) is -0.0169. The Balaban J connectivity index is 1.54. The smallest absolute Gasteiger partial charge is 0.248 e. The third kappa shape index (κ3) is 4.67. The molecule has 1 fully saturated rings. The number of carbonyl (C=O) groups excluding carboxylic acids is 1. The Morgan fingerprint density at radius 3 is 2.88 bits per heavy atom. The van der Waals surface area contributed by atoms with Crippen LogP contribution in [0.3, 0.4) is 0 Å². The van der Waals surface area contributed by atoms with Gasteiger partial charge in [-0.25, -0.2) is 13.4 Å². The zero-order valence-corrected chi connectivity index (χ0v) is 19.4. The number of pyridine rings is 1. The third-order valence-electron chi connectivity index (χ3n) is 5.38. The summed E-state index contributed by atoms with van der Waals surface area (Å²) >= 11 is 1.54. The number of anilines is 1. The molecule has 1 N–H and O–H groups in total. The lowest BCUT2D eigenvalue weighted by molar-refractivity contribution is -0.120. The van der Waals surface area contributed by atoms with E-state index in [4.69, 9.17) is 4.52 Å². The largest absolute Gasteiger partial charge is 0.355 e. The molecule has 8 nitrogen and oxygen atoms in total. The fourth-order valence-electron chi connectivity index (χ4n) is 3.68. The number of nitrogens with zero attached hydrogens (tertiary/aromatic N) is 3. The molecule has 0 radical (unpaired) electrons. The van der Waals surface area contributed by atoms with E-state index in [0.29, 0.717) is 30.9 Å². The maximum absolute atomic E-state index is 13.5. The average Bonchev–Trinajstić information content (AvgIpc) is 3.43. The lowest BCUT2D eigenvalue weighted by Crippen LogP contribution is -2.44. The number of hydrogen-bond acceptors (Lipinski definition) is 7. The highest BCUT2D eigenvalue weighted by Crippen LogP contribution is 2.30. The highest BCUT2D eigenvalue weighted by molar-refractivity contribution is 7.89. The first-order valence-electron chi connectivity index (χ1n) is 10.3. The van der Waals surface area contributed by atoms with Gasteiger partial charge in [0.15, 0.2) is 10.7 Å². The summed E-state index contributed by atoms with van der Waals surface area (Å²) in [7, 11) is -3.88. The van der Waals surface area contributed by atoms with Gasteiger partial charge in [0, 0.05) is 24.2 Å². The molecule has 4 heterocycles. The normalized spacial score (nSPS) is 17.6. The van der Waals surface area contributed by atoms with E-state index in [1.165, 1.54) is 15.6 Å². The fourth-order valence-corrected chi connectivity index (χ4v) is 6.07. The van der Waals surface area contributed by atoms with Crippen molar-refractivity contribution in [2.75, 3.05) is 18.4 Å². The van der Waals surface area contributed by atoms with Crippen LogP contribution in [0.1, 0.15) is 34.7 Å². The van der Waals surface area contributed by atoms with Gasteiger partial charge in [0.2, 0.25) is 15.9 Å². The predicted molar refractivity (Wildman–Crippen MR) is 124 cm³/mol. The van der Waals surface area contributed by atoms with E-state index >= 15 is 0 Å². The molecule has 1 atom stereocenters. The van der Waals surface area contributed by atoms with Crippen LogP contribution in [-0.2, 0) is 14.8 Å². The molecule has 3 aromatic heterocycles. The molecule has 1 unspecified atom stereocenters. The van der Waals surface area contributed by atoms with Crippen molar-refractivity contribution in [3.63, 3.8) is 0 Å². The number of nitrogens with one attached hydrogen (secondary N) is 1. The van der Waals surface area contributed by atoms with Crippen molar-refractivity contribution < 1.29 is 17.7 Å². The summed E-state index contributed by atoms with van der Waals surface area (Å²) in [5.41, 5.74) is 1.15. The van der Waals surface area contributed by atoms with Crippen LogP contribution in [0, 0.1) is 19.8 Å². The highest BCUT2D eigenvalue weighted by atomic mass is 32.2. The van der Waals surface area contributed by atoms with Gasteiger partial charge in [-0.2, -0.15) is 4.31 Å². The Labute approximate surface area is 191 Å². The molecule has 10 heteroatoms. The Kier molecular flexibility index (Phi) is 6.54. The van der Waals surface area contributed by atoms with Gasteiger partial charge < -0.3 is 9.84 Å². The van der Waals surface area contributed by atoms with Gasteiger partial charge in [0.05, 0.1) is 5.92 Å². The summed E-state index contributed by atoms with van der Waals surface area (Å²) in [6.07, 6.45) is 6.23. The van der Waals surface area contributed by atoms with Crippen LogP contribution in [0.2, 0.25) is 0 Å². The monoisotopic (exact) mass is 472 g/mol. The minimum Gasteiger partial charge on any atom is -0.355 e. The number of carbonyl (C=O) groups is 1. The van der Waals surface area contributed by atoms with Crippen LogP contribution < -0.4 is 5.32 Å². The standard InChI is InChI=1S/C22H24N4O4S2/c1-15-6-3-11-23-21(15)24-22(27)17-7-4-12-26(14-17)32(28,29)20-16(2)25-30-19(20)10-9-18-8-5-13-31-18/h3,5-6,8-11,13,17H,4,7,12,14H2,1-2H3,(H,23,24,27)/b10-9+. The van der Waals surface area contributed by atoms with Crippen LogP contribution in [0.25, 0.3) is 12.2 Å². The molecular formula is C22H24N4O4S2. The van der Waals surface area contributed by atoms with Gasteiger partial charge >= 0.3 is 0 Å². The minimum absolute atomic E-state index is 0.0481. The Morgan fingerprint density at radius 2 is 2.12 bits per heavy atom. The van der Waals surface area contributed by atoms with Crippen molar-refractivity contribution in [2.45, 2.75) is 31.6 Å². The summed E-state index contributed by atoms with van der Waals surface area (Å²) in [6.45, 7) is 3.91. The maximum Gasteiger partial charge on any atom is 0.248 e. The van der Waals surface area contributed by atoms with E-state index in [9.17, 15) is 13.2 Å². The van der Waals surface area contributed by atoms with Crippen molar-refractivity contribution in [3.05, 3.63) is 57.7 Å². The van der Waals surface area contributed by atoms with E-state index in [-0.39, 0.29) is 23.1 Å². The Hall–Kier alpha value is -2.82. The summed E-state index contributed by atoms with van der Waals surface area (Å²) < 4.78 is 33.6. The molecule has 0 saturated carbocycles. The quantitative estimate of drug-likeness (QED) is 0.582. The molecule has 1 aliphatic rings. The first-order chi connectivity index (χ1) is 15.4. The molecule has 1 aliphatic heterocycles. The third-order valence-corrected chi connectivity index (χ3v) is 8.24. The minimum atomic E-state index is -3.88. The van der Waals surface area contributed by atoms with Gasteiger partial charge in [0.25, 0.3) is 0 Å². The number of aryl methyl sites for hydroxylation is 2. The fraction of sp³-hybridized carbons (Fsp3) is 0.318. The number of aromatic nitrogens is 2. The van der Waals surface area contributed by atoms with Gasteiger partial charge in [-0.05, 0) is 61.9 Å². The number of rotatable bonds is 6. The molecule has 1 amide bonds. The number of hydrogen-bond donors (Lipinski definition) is 1. The summed E-state index contributed by atoms with van der Waals surface area (Å²) in [4.78, 5) is 18.1. The molecule has 3 aromatic rings. The number of amides is 1. The van der Waals surface area contributed by atoms with Crippen molar-refractivity contribution in [2.24, 2.45) is 5.92 Å². The van der Waals surface area contributed by atoms with E-state index in [1.807, 2.05) is 30.5 Å². The first kappa shape index (κ1) is 22.4. The molecule has 32 heavy (non-hydrogen) atoms. The molecular weight excluding hydrogens is 448 g/mol. The summed E-state index contributed by atoms with van der Waals surface area (Å²) in [5, 5.41) is 8.65. The van der Waals surface area contributed by atoms with Crippen molar-refractivity contribution in [1.29, 1.82) is 0 Å². The van der Waals surface area contributed by atoms with Crippen molar-refractivity contribution >= 4 is 45.2 Å². The maximum atomic E-state index is 13.5. The zero-order chi connectivity index (χ0) is 22.7. The molecule has 0 bridgehead atoms. The second-order valence-corrected chi connectivity index (χ2v) is 10.5. The van der Waals surface area contributed by atoms with E-state index in [1.54, 1.807) is 31.3 Å². The molecule has 0 aliphatic carbocycles. The van der Waals surface area contributed by atoms with Crippen molar-refractivity contribution in [3.8, 4) is 0 Å². The van der Waals surface area contributed by atoms with Crippen LogP contribution in [0.15, 0.2) is 45.3 Å². The molecule has 0 spiro atoms. The predicted octanol–water partition coefficient (Wildman–Crippen LogP) is 3.96. The average molecular weight is 473 g/mol. The Morgan fingerprint density at radius 1 is 1.28 bits per heavy atom. The van der Waals surface area contributed by atoms with Gasteiger partial charge in [-0.15, -0.1) is 11.3 Å². The van der Waals surface area contributed by atoms with Crippen LogP contribution >= 0.6 is 11.3 Å². The lowest BCUT2D eigenvalue weighted by atomic mass is 9.99. The van der Waals surface area contributed by atoms with Crippen molar-refractivity contribution in [1.82, 2.24) is 14.4 Å². The Bertz CT molecular complexity index is 1230. The number of thiophene rings is 1.